The lowest BCUT2D eigenvalue weighted by atomic mass is 10.2. The van der Waals surface area contributed by atoms with Gasteiger partial charge < -0.3 is 14.6 Å². The molecular formula is C18H14Br2O4. The third kappa shape index (κ3) is 5.91. The van der Waals surface area contributed by atoms with Crippen molar-refractivity contribution in [3.63, 3.8) is 0 Å². The van der Waals surface area contributed by atoms with Gasteiger partial charge in [0.25, 0.3) is 0 Å². The highest BCUT2D eigenvalue weighted by molar-refractivity contribution is 9.11. The van der Waals surface area contributed by atoms with E-state index >= 15 is 0 Å². The predicted molar refractivity (Wildman–Crippen MR) is 98.5 cm³/mol. The molecule has 0 fully saturated rings. The molecule has 0 unspecified atom stereocenters. The number of hydrogen-bond donors (Lipinski definition) is 1. The molecule has 0 saturated carbocycles. The van der Waals surface area contributed by atoms with Crippen LogP contribution in [0.5, 0.6) is 11.5 Å². The molecule has 6 heteroatoms. The van der Waals surface area contributed by atoms with Crippen molar-refractivity contribution in [2.75, 3.05) is 13.2 Å². The number of benzene rings is 2. The fourth-order valence-electron chi connectivity index (χ4n) is 1.90. The highest BCUT2D eigenvalue weighted by Crippen LogP contribution is 2.23. The Morgan fingerprint density at radius 3 is 2.46 bits per heavy atom. The van der Waals surface area contributed by atoms with Crippen molar-refractivity contribution in [1.29, 1.82) is 0 Å². The molecule has 0 bridgehead atoms. The van der Waals surface area contributed by atoms with Gasteiger partial charge in [0, 0.05) is 14.5 Å². The third-order valence-electron chi connectivity index (χ3n) is 2.90. The lowest BCUT2D eigenvalue weighted by Crippen LogP contribution is -2.10. The minimum Gasteiger partial charge on any atom is -0.482 e. The average molecular weight is 454 g/mol. The Kier molecular flexibility index (Phi) is 6.71. The van der Waals surface area contributed by atoms with Gasteiger partial charge in [0.05, 0.1) is 0 Å². The van der Waals surface area contributed by atoms with Crippen molar-refractivity contribution in [1.82, 2.24) is 0 Å². The number of aryl methyl sites for hydroxylation is 1. The van der Waals surface area contributed by atoms with E-state index in [1.165, 1.54) is 0 Å². The maximum atomic E-state index is 10.5. The first-order chi connectivity index (χ1) is 11.4. The number of rotatable bonds is 5. The summed E-state index contributed by atoms with van der Waals surface area (Å²) in [6.07, 6.45) is 0. The lowest BCUT2D eigenvalue weighted by molar-refractivity contribution is -0.139. The normalized spacial score (nSPS) is 9.79. The topological polar surface area (TPSA) is 55.8 Å². The SMILES string of the molecule is Cc1cc(OCC#Cc2cc(Br)cc(Br)c2)ccc1OCC(=O)O. The molecule has 1 N–H and O–H groups in total. The molecule has 0 spiro atoms. The molecule has 0 amide bonds. The zero-order valence-corrected chi connectivity index (χ0v) is 16.0. The Morgan fingerprint density at radius 2 is 1.83 bits per heavy atom. The zero-order chi connectivity index (χ0) is 17.5. The van der Waals surface area contributed by atoms with Gasteiger partial charge >= 0.3 is 5.97 Å². The Hall–Kier alpha value is -1.97. The summed E-state index contributed by atoms with van der Waals surface area (Å²) in [6, 6.07) is 11.0. The summed E-state index contributed by atoms with van der Waals surface area (Å²) in [5.74, 6) is 6.15. The van der Waals surface area contributed by atoms with Gasteiger partial charge in [-0.05, 0) is 48.9 Å². The third-order valence-corrected chi connectivity index (χ3v) is 3.82. The fraction of sp³-hybridized carbons (Fsp3) is 0.167. The molecule has 2 aromatic carbocycles. The molecule has 0 aliphatic carbocycles. The van der Waals surface area contributed by atoms with Gasteiger partial charge in [0.1, 0.15) is 18.1 Å². The molecule has 0 aliphatic heterocycles. The van der Waals surface area contributed by atoms with Gasteiger partial charge in [0.2, 0.25) is 0 Å². The van der Waals surface area contributed by atoms with E-state index < -0.39 is 5.97 Å². The van der Waals surface area contributed by atoms with Crippen LogP contribution in [0.3, 0.4) is 0 Å². The minimum absolute atomic E-state index is 0.249. The van der Waals surface area contributed by atoms with Crippen molar-refractivity contribution < 1.29 is 19.4 Å². The zero-order valence-electron chi connectivity index (χ0n) is 12.8. The summed E-state index contributed by atoms with van der Waals surface area (Å²) in [5.41, 5.74) is 1.69. The van der Waals surface area contributed by atoms with Crippen molar-refractivity contribution in [3.8, 4) is 23.3 Å². The highest BCUT2D eigenvalue weighted by atomic mass is 79.9. The van der Waals surface area contributed by atoms with Crippen LogP contribution < -0.4 is 9.47 Å². The number of hydrogen-bond acceptors (Lipinski definition) is 3. The lowest BCUT2D eigenvalue weighted by Gasteiger charge is -2.09. The number of ether oxygens (including phenoxy) is 2. The molecule has 0 heterocycles. The van der Waals surface area contributed by atoms with E-state index in [1.54, 1.807) is 18.2 Å². The quantitative estimate of drug-likeness (QED) is 0.681. The second-order valence-electron chi connectivity index (χ2n) is 4.86. The summed E-state index contributed by atoms with van der Waals surface area (Å²) in [5, 5.41) is 8.62. The number of halogens is 2. The molecule has 2 aromatic rings. The van der Waals surface area contributed by atoms with Crippen LogP contribution in [-0.2, 0) is 4.79 Å². The van der Waals surface area contributed by atoms with Crippen LogP contribution in [-0.4, -0.2) is 24.3 Å². The predicted octanol–water partition coefficient (Wildman–Crippen LogP) is 4.41. The Balaban J connectivity index is 1.94. The van der Waals surface area contributed by atoms with Crippen molar-refractivity contribution in [2.24, 2.45) is 0 Å². The van der Waals surface area contributed by atoms with Gasteiger partial charge in [0.15, 0.2) is 6.61 Å². The number of aliphatic carboxylic acids is 1. The van der Waals surface area contributed by atoms with Crippen LogP contribution in [0, 0.1) is 18.8 Å². The van der Waals surface area contributed by atoms with Crippen LogP contribution in [0.1, 0.15) is 11.1 Å². The van der Waals surface area contributed by atoms with E-state index in [0.29, 0.717) is 11.5 Å². The molecule has 0 aromatic heterocycles. The second kappa shape index (κ2) is 8.76. The average Bonchev–Trinajstić information content (AvgIpc) is 2.49. The van der Waals surface area contributed by atoms with Gasteiger partial charge in [-0.25, -0.2) is 4.79 Å². The second-order valence-corrected chi connectivity index (χ2v) is 6.69. The van der Waals surface area contributed by atoms with E-state index in [-0.39, 0.29) is 13.2 Å². The van der Waals surface area contributed by atoms with Crippen LogP contribution >= 0.6 is 31.9 Å². The molecule has 0 saturated heterocycles. The van der Waals surface area contributed by atoms with E-state index in [4.69, 9.17) is 14.6 Å². The number of carboxylic acids is 1. The molecule has 0 aliphatic rings. The first kappa shape index (κ1) is 18.4. The van der Waals surface area contributed by atoms with E-state index in [1.807, 2.05) is 25.1 Å². The van der Waals surface area contributed by atoms with Crippen LogP contribution in [0.25, 0.3) is 0 Å². The molecule has 124 valence electrons. The molecule has 2 rings (SSSR count). The molecule has 24 heavy (non-hydrogen) atoms. The summed E-state index contributed by atoms with van der Waals surface area (Å²) in [4.78, 5) is 10.5. The van der Waals surface area contributed by atoms with Gasteiger partial charge in [-0.2, -0.15) is 0 Å². The van der Waals surface area contributed by atoms with Crippen LogP contribution in [0.15, 0.2) is 45.3 Å². The van der Waals surface area contributed by atoms with Crippen LogP contribution in [0.2, 0.25) is 0 Å². The Labute approximate surface area is 157 Å². The van der Waals surface area contributed by atoms with E-state index in [2.05, 4.69) is 43.7 Å². The maximum absolute atomic E-state index is 10.5. The molecule has 0 atom stereocenters. The van der Waals surface area contributed by atoms with Gasteiger partial charge in [-0.3, -0.25) is 0 Å². The molecular weight excluding hydrogens is 440 g/mol. The molecule has 0 radical (unpaired) electrons. The maximum Gasteiger partial charge on any atom is 0.341 e. The van der Waals surface area contributed by atoms with Gasteiger partial charge in [-0.1, -0.05) is 43.7 Å². The Morgan fingerprint density at radius 1 is 1.12 bits per heavy atom. The number of carbonyl (C=O) groups is 1. The first-order valence-electron chi connectivity index (χ1n) is 6.97. The summed E-state index contributed by atoms with van der Waals surface area (Å²) < 4.78 is 12.7. The van der Waals surface area contributed by atoms with E-state index in [9.17, 15) is 4.79 Å². The smallest absolute Gasteiger partial charge is 0.341 e. The van der Waals surface area contributed by atoms with E-state index in [0.717, 1.165) is 20.1 Å². The highest BCUT2D eigenvalue weighted by Gasteiger charge is 2.04. The van der Waals surface area contributed by atoms with Gasteiger partial charge in [-0.15, -0.1) is 0 Å². The molecule has 4 nitrogen and oxygen atoms in total. The van der Waals surface area contributed by atoms with Crippen LogP contribution in [0.4, 0.5) is 0 Å². The standard InChI is InChI=1S/C18H14Br2O4/c1-12-7-16(4-5-17(12)24-11-18(21)22)23-6-2-3-13-8-14(19)10-15(20)9-13/h4-5,7-10H,6,11H2,1H3,(H,21,22). The van der Waals surface area contributed by atoms with Crippen molar-refractivity contribution in [2.45, 2.75) is 6.92 Å². The summed E-state index contributed by atoms with van der Waals surface area (Å²) in [7, 11) is 0. The van der Waals surface area contributed by atoms with Crippen molar-refractivity contribution in [3.05, 3.63) is 56.5 Å². The number of carboxylic acid groups (broad SMARTS) is 1. The van der Waals surface area contributed by atoms with Crippen molar-refractivity contribution >= 4 is 37.8 Å². The summed E-state index contributed by atoms with van der Waals surface area (Å²) >= 11 is 6.83. The summed E-state index contributed by atoms with van der Waals surface area (Å²) in [6.45, 7) is 1.71. The minimum atomic E-state index is -1.01. The monoisotopic (exact) mass is 452 g/mol. The first-order valence-corrected chi connectivity index (χ1v) is 8.55. The largest absolute Gasteiger partial charge is 0.482 e. The Bertz CT molecular complexity index is 786. The fourth-order valence-corrected chi connectivity index (χ4v) is 3.19.